The highest BCUT2D eigenvalue weighted by molar-refractivity contribution is 5.83. The highest BCUT2D eigenvalue weighted by atomic mass is 16.4. The van der Waals surface area contributed by atoms with Crippen molar-refractivity contribution in [3.05, 3.63) is 0 Å². The van der Waals surface area contributed by atoms with Crippen LogP contribution in [0, 0.1) is 11.3 Å². The second-order valence-electron chi connectivity index (χ2n) is 6.26. The third kappa shape index (κ3) is 4.51. The molecule has 1 amide bonds. The molecule has 1 saturated carbocycles. The molecule has 1 unspecified atom stereocenters. The molecule has 4 heteroatoms. The van der Waals surface area contributed by atoms with Gasteiger partial charge in [-0.3, -0.25) is 9.59 Å². The molecule has 110 valence electrons. The van der Waals surface area contributed by atoms with E-state index >= 15 is 0 Å². The second kappa shape index (κ2) is 6.92. The fourth-order valence-corrected chi connectivity index (χ4v) is 3.20. The van der Waals surface area contributed by atoms with Gasteiger partial charge in [-0.2, -0.15) is 0 Å². The molecule has 0 aromatic rings. The Kier molecular flexibility index (Phi) is 5.83. The van der Waals surface area contributed by atoms with Crippen LogP contribution in [0.4, 0.5) is 0 Å². The number of amides is 1. The summed E-state index contributed by atoms with van der Waals surface area (Å²) in [7, 11) is 0. The first-order valence-corrected chi connectivity index (χ1v) is 7.42. The number of rotatable bonds is 7. The molecule has 0 radical (unpaired) electrons. The average Bonchev–Trinajstić information content (AvgIpc) is 2.76. The molecule has 0 aromatic carbocycles. The van der Waals surface area contributed by atoms with Crippen molar-refractivity contribution in [2.45, 2.75) is 71.8 Å². The lowest BCUT2D eigenvalue weighted by atomic mass is 9.77. The maximum atomic E-state index is 12.5. The Bertz CT molecular complexity index is 319. The largest absolute Gasteiger partial charge is 0.481 e. The molecule has 1 aliphatic carbocycles. The van der Waals surface area contributed by atoms with Gasteiger partial charge in [0.05, 0.1) is 6.42 Å². The van der Waals surface area contributed by atoms with Gasteiger partial charge >= 0.3 is 5.97 Å². The monoisotopic (exact) mass is 269 g/mol. The first-order valence-electron chi connectivity index (χ1n) is 7.42. The van der Waals surface area contributed by atoms with E-state index in [1.165, 1.54) is 0 Å². The van der Waals surface area contributed by atoms with E-state index in [1.807, 2.05) is 6.92 Å². The van der Waals surface area contributed by atoms with Crippen LogP contribution >= 0.6 is 0 Å². The van der Waals surface area contributed by atoms with E-state index in [1.54, 1.807) is 0 Å². The molecule has 0 saturated heterocycles. The average molecular weight is 269 g/mol. The molecular formula is C15H27NO3. The Labute approximate surface area is 116 Å². The number of carboxylic acids is 1. The number of carbonyl (C=O) groups excluding carboxylic acids is 1. The van der Waals surface area contributed by atoms with E-state index in [0.29, 0.717) is 12.3 Å². The zero-order chi connectivity index (χ0) is 14.5. The summed E-state index contributed by atoms with van der Waals surface area (Å²) in [5, 5.41) is 11.8. The van der Waals surface area contributed by atoms with E-state index in [0.717, 1.165) is 32.1 Å². The van der Waals surface area contributed by atoms with Gasteiger partial charge in [0.15, 0.2) is 0 Å². The van der Waals surface area contributed by atoms with Crippen molar-refractivity contribution in [2.75, 3.05) is 0 Å². The van der Waals surface area contributed by atoms with Gasteiger partial charge in [0, 0.05) is 11.5 Å². The Hall–Kier alpha value is -1.06. The minimum Gasteiger partial charge on any atom is -0.481 e. The lowest BCUT2D eigenvalue weighted by Gasteiger charge is -2.31. The normalized spacial score (nSPS) is 19.4. The number of hydrogen-bond acceptors (Lipinski definition) is 2. The van der Waals surface area contributed by atoms with Crippen LogP contribution in [-0.2, 0) is 9.59 Å². The van der Waals surface area contributed by atoms with Crippen LogP contribution in [-0.4, -0.2) is 23.0 Å². The molecule has 0 bridgehead atoms. The van der Waals surface area contributed by atoms with Gasteiger partial charge in [-0.05, 0) is 31.6 Å². The van der Waals surface area contributed by atoms with Crippen molar-refractivity contribution in [1.29, 1.82) is 0 Å². The first-order chi connectivity index (χ1) is 8.89. The maximum absolute atomic E-state index is 12.5. The molecule has 0 spiro atoms. The molecule has 0 aliphatic heterocycles. The van der Waals surface area contributed by atoms with Crippen molar-refractivity contribution in [3.8, 4) is 0 Å². The lowest BCUT2D eigenvalue weighted by molar-refractivity contribution is -0.138. The van der Waals surface area contributed by atoms with Crippen molar-refractivity contribution >= 4 is 11.9 Å². The molecule has 0 heterocycles. The van der Waals surface area contributed by atoms with Crippen molar-refractivity contribution in [2.24, 2.45) is 11.3 Å². The smallest absolute Gasteiger partial charge is 0.305 e. The van der Waals surface area contributed by atoms with Gasteiger partial charge < -0.3 is 10.4 Å². The van der Waals surface area contributed by atoms with Crippen LogP contribution in [0.3, 0.4) is 0 Å². The first kappa shape index (κ1) is 16.0. The summed E-state index contributed by atoms with van der Waals surface area (Å²) in [6.07, 6.45) is 5.69. The van der Waals surface area contributed by atoms with Gasteiger partial charge in [-0.25, -0.2) is 0 Å². The molecule has 19 heavy (non-hydrogen) atoms. The fraction of sp³-hybridized carbons (Fsp3) is 0.867. The van der Waals surface area contributed by atoms with Crippen LogP contribution in [0.5, 0.6) is 0 Å². The predicted molar refractivity (Wildman–Crippen MR) is 74.8 cm³/mol. The minimum atomic E-state index is -0.850. The lowest BCUT2D eigenvalue weighted by Crippen LogP contribution is -2.45. The van der Waals surface area contributed by atoms with Crippen LogP contribution < -0.4 is 5.32 Å². The Morgan fingerprint density at radius 2 is 1.84 bits per heavy atom. The molecule has 4 nitrogen and oxygen atoms in total. The van der Waals surface area contributed by atoms with E-state index in [-0.39, 0.29) is 23.8 Å². The SMILES string of the molecule is CCC(CC(=O)O)NC(=O)C1(CC(C)C)CCCC1. The predicted octanol–water partition coefficient (Wildman–Crippen LogP) is 2.96. The molecule has 1 fully saturated rings. The molecule has 1 rings (SSSR count). The van der Waals surface area contributed by atoms with Gasteiger partial charge in [-0.15, -0.1) is 0 Å². The molecule has 2 N–H and O–H groups in total. The summed E-state index contributed by atoms with van der Waals surface area (Å²) in [4.78, 5) is 23.3. The number of nitrogens with one attached hydrogen (secondary N) is 1. The number of aliphatic carboxylic acids is 1. The summed E-state index contributed by atoms with van der Waals surface area (Å²) >= 11 is 0. The van der Waals surface area contributed by atoms with E-state index in [9.17, 15) is 9.59 Å². The quantitative estimate of drug-likeness (QED) is 0.746. The summed E-state index contributed by atoms with van der Waals surface area (Å²) in [5.41, 5.74) is -0.250. The Morgan fingerprint density at radius 3 is 2.26 bits per heavy atom. The molecule has 0 aromatic heterocycles. The van der Waals surface area contributed by atoms with E-state index in [4.69, 9.17) is 5.11 Å². The van der Waals surface area contributed by atoms with E-state index < -0.39 is 5.97 Å². The Morgan fingerprint density at radius 1 is 1.26 bits per heavy atom. The number of carboxylic acid groups (broad SMARTS) is 1. The zero-order valence-electron chi connectivity index (χ0n) is 12.4. The summed E-state index contributed by atoms with van der Waals surface area (Å²) in [5.74, 6) is -0.285. The second-order valence-corrected chi connectivity index (χ2v) is 6.26. The zero-order valence-corrected chi connectivity index (χ0v) is 12.4. The molecule has 1 aliphatic rings. The van der Waals surface area contributed by atoms with Crippen LogP contribution in [0.25, 0.3) is 0 Å². The van der Waals surface area contributed by atoms with Crippen LogP contribution in [0.2, 0.25) is 0 Å². The summed E-state index contributed by atoms with van der Waals surface area (Å²) in [6.45, 7) is 6.20. The van der Waals surface area contributed by atoms with Gasteiger partial charge in [-0.1, -0.05) is 33.6 Å². The van der Waals surface area contributed by atoms with Gasteiger partial charge in [0.25, 0.3) is 0 Å². The maximum Gasteiger partial charge on any atom is 0.305 e. The summed E-state index contributed by atoms with van der Waals surface area (Å²) in [6, 6.07) is -0.241. The van der Waals surface area contributed by atoms with Crippen molar-refractivity contribution < 1.29 is 14.7 Å². The highest BCUT2D eigenvalue weighted by Gasteiger charge is 2.41. The third-order valence-corrected chi connectivity index (χ3v) is 4.09. The fourth-order valence-electron chi connectivity index (χ4n) is 3.20. The number of carbonyl (C=O) groups is 2. The van der Waals surface area contributed by atoms with Crippen LogP contribution in [0.15, 0.2) is 0 Å². The van der Waals surface area contributed by atoms with Gasteiger partial charge in [0.1, 0.15) is 0 Å². The van der Waals surface area contributed by atoms with Crippen molar-refractivity contribution in [1.82, 2.24) is 5.32 Å². The topological polar surface area (TPSA) is 66.4 Å². The minimum absolute atomic E-state index is 0.0139. The Balaban J connectivity index is 2.69. The number of hydrogen-bond donors (Lipinski definition) is 2. The van der Waals surface area contributed by atoms with Gasteiger partial charge in [0.2, 0.25) is 5.91 Å². The van der Waals surface area contributed by atoms with E-state index in [2.05, 4.69) is 19.2 Å². The van der Waals surface area contributed by atoms with Crippen LogP contribution in [0.1, 0.15) is 65.7 Å². The standard InChI is InChI=1S/C15H27NO3/c1-4-12(9-13(17)18)16-14(19)15(10-11(2)3)7-5-6-8-15/h11-12H,4-10H2,1-3H3,(H,16,19)(H,17,18). The van der Waals surface area contributed by atoms with Crippen molar-refractivity contribution in [3.63, 3.8) is 0 Å². The molecular weight excluding hydrogens is 242 g/mol. The summed E-state index contributed by atoms with van der Waals surface area (Å²) < 4.78 is 0. The molecule has 1 atom stereocenters. The third-order valence-electron chi connectivity index (χ3n) is 4.09. The highest BCUT2D eigenvalue weighted by Crippen LogP contribution is 2.43.